The van der Waals surface area contributed by atoms with E-state index in [0.717, 1.165) is 12.1 Å². The SMILES string of the molecule is CC(C)(C)CN1C[C@@H](NS(=O)(=O)c2ccc(F)cc2F)CC1=O. The average Bonchev–Trinajstić information content (AvgIpc) is 2.65. The molecule has 0 aromatic heterocycles. The molecule has 1 amide bonds. The molecule has 1 aliphatic rings. The summed E-state index contributed by atoms with van der Waals surface area (Å²) in [5, 5.41) is 0. The van der Waals surface area contributed by atoms with Crippen LogP contribution in [-0.4, -0.2) is 38.4 Å². The predicted octanol–water partition coefficient (Wildman–Crippen LogP) is 1.89. The second kappa shape index (κ2) is 6.16. The van der Waals surface area contributed by atoms with Crippen LogP contribution in [0.1, 0.15) is 27.2 Å². The Balaban J connectivity index is 2.11. The van der Waals surface area contributed by atoms with Gasteiger partial charge in [-0.3, -0.25) is 4.79 Å². The molecule has 1 aromatic carbocycles. The summed E-state index contributed by atoms with van der Waals surface area (Å²) in [4.78, 5) is 12.9. The maximum atomic E-state index is 13.7. The highest BCUT2D eigenvalue weighted by Gasteiger charge is 2.35. The summed E-state index contributed by atoms with van der Waals surface area (Å²) in [5.41, 5.74) is -0.105. The first kappa shape index (κ1) is 17.8. The van der Waals surface area contributed by atoms with Crippen LogP contribution in [0, 0.1) is 17.0 Å². The van der Waals surface area contributed by atoms with Crippen molar-refractivity contribution in [2.75, 3.05) is 13.1 Å². The quantitative estimate of drug-likeness (QED) is 0.905. The minimum atomic E-state index is -4.15. The van der Waals surface area contributed by atoms with Gasteiger partial charge in [-0.2, -0.15) is 0 Å². The first-order chi connectivity index (χ1) is 10.5. The summed E-state index contributed by atoms with van der Waals surface area (Å²) in [6.07, 6.45) is 0.0259. The van der Waals surface area contributed by atoms with Crippen LogP contribution < -0.4 is 4.72 Å². The van der Waals surface area contributed by atoms with Gasteiger partial charge < -0.3 is 4.90 Å². The van der Waals surface area contributed by atoms with Crippen molar-refractivity contribution in [2.45, 2.75) is 38.1 Å². The van der Waals surface area contributed by atoms with E-state index in [1.165, 1.54) is 0 Å². The minimum Gasteiger partial charge on any atom is -0.341 e. The molecule has 0 saturated carbocycles. The number of sulfonamides is 1. The standard InChI is InChI=1S/C15H20F2N2O3S/c1-15(2,3)9-19-8-11(7-14(19)20)18-23(21,22)13-5-4-10(16)6-12(13)17/h4-6,11,18H,7-9H2,1-3H3/t11-/m0/s1. The number of hydrogen-bond acceptors (Lipinski definition) is 3. The van der Waals surface area contributed by atoms with Crippen molar-refractivity contribution in [3.63, 3.8) is 0 Å². The zero-order valence-corrected chi connectivity index (χ0v) is 14.1. The minimum absolute atomic E-state index is 0.0259. The number of carbonyl (C=O) groups excluding carboxylic acids is 1. The maximum absolute atomic E-state index is 13.7. The number of nitrogens with one attached hydrogen (secondary N) is 1. The van der Waals surface area contributed by atoms with E-state index in [9.17, 15) is 22.0 Å². The summed E-state index contributed by atoms with van der Waals surface area (Å²) in [5.74, 6) is -2.16. The van der Waals surface area contributed by atoms with Crippen molar-refractivity contribution in [2.24, 2.45) is 5.41 Å². The van der Waals surface area contributed by atoms with Gasteiger partial charge in [-0.1, -0.05) is 20.8 Å². The number of amides is 1. The van der Waals surface area contributed by atoms with Crippen molar-refractivity contribution in [3.05, 3.63) is 29.8 Å². The molecule has 0 spiro atoms. The highest BCUT2D eigenvalue weighted by atomic mass is 32.2. The summed E-state index contributed by atoms with van der Waals surface area (Å²) >= 11 is 0. The van der Waals surface area contributed by atoms with Gasteiger partial charge in [0.15, 0.2) is 0 Å². The zero-order valence-electron chi connectivity index (χ0n) is 13.3. The molecule has 0 aliphatic carbocycles. The first-order valence-electron chi connectivity index (χ1n) is 7.23. The molecule has 128 valence electrons. The molecule has 0 unspecified atom stereocenters. The van der Waals surface area contributed by atoms with Gasteiger partial charge in [-0.25, -0.2) is 21.9 Å². The van der Waals surface area contributed by atoms with E-state index in [4.69, 9.17) is 0 Å². The van der Waals surface area contributed by atoms with E-state index >= 15 is 0 Å². The number of hydrogen-bond donors (Lipinski definition) is 1. The monoisotopic (exact) mass is 346 g/mol. The number of rotatable bonds is 4. The summed E-state index contributed by atoms with van der Waals surface area (Å²) in [6.45, 7) is 6.68. The van der Waals surface area contributed by atoms with Crippen LogP contribution >= 0.6 is 0 Å². The van der Waals surface area contributed by atoms with E-state index in [2.05, 4.69) is 4.72 Å². The van der Waals surface area contributed by atoms with Gasteiger partial charge in [0, 0.05) is 31.6 Å². The van der Waals surface area contributed by atoms with Gasteiger partial charge in [0.05, 0.1) is 0 Å². The van der Waals surface area contributed by atoms with Crippen LogP contribution in [0.3, 0.4) is 0 Å². The molecule has 0 bridgehead atoms. The van der Waals surface area contributed by atoms with Crippen LogP contribution in [-0.2, 0) is 14.8 Å². The van der Waals surface area contributed by atoms with Gasteiger partial charge in [0.1, 0.15) is 16.5 Å². The van der Waals surface area contributed by atoms with Crippen molar-refractivity contribution < 1.29 is 22.0 Å². The maximum Gasteiger partial charge on any atom is 0.243 e. The average molecular weight is 346 g/mol. The third-order valence-electron chi connectivity index (χ3n) is 3.38. The lowest BCUT2D eigenvalue weighted by Gasteiger charge is -2.26. The Morgan fingerprint density at radius 1 is 1.30 bits per heavy atom. The largest absolute Gasteiger partial charge is 0.341 e. The Morgan fingerprint density at radius 3 is 2.52 bits per heavy atom. The van der Waals surface area contributed by atoms with Crippen LogP contribution in [0.5, 0.6) is 0 Å². The molecule has 2 rings (SSSR count). The molecule has 1 aliphatic heterocycles. The van der Waals surface area contributed by atoms with Gasteiger partial charge >= 0.3 is 0 Å². The van der Waals surface area contributed by atoms with Gasteiger partial charge in [0.25, 0.3) is 0 Å². The van der Waals surface area contributed by atoms with Crippen LogP contribution in [0.2, 0.25) is 0 Å². The lowest BCUT2D eigenvalue weighted by Crippen LogP contribution is -2.39. The normalized spacial score (nSPS) is 19.4. The fourth-order valence-corrected chi connectivity index (χ4v) is 3.84. The van der Waals surface area contributed by atoms with Gasteiger partial charge in [0.2, 0.25) is 15.9 Å². The van der Waals surface area contributed by atoms with Crippen LogP contribution in [0.4, 0.5) is 8.78 Å². The number of carbonyl (C=O) groups is 1. The highest BCUT2D eigenvalue weighted by molar-refractivity contribution is 7.89. The first-order valence-corrected chi connectivity index (χ1v) is 8.71. The van der Waals surface area contributed by atoms with E-state index in [1.54, 1.807) is 4.90 Å². The molecule has 1 N–H and O–H groups in total. The fraction of sp³-hybridized carbons (Fsp3) is 0.533. The third-order valence-corrected chi connectivity index (χ3v) is 4.94. The Hall–Kier alpha value is -1.54. The molecule has 23 heavy (non-hydrogen) atoms. The Labute approximate surface area is 134 Å². The predicted molar refractivity (Wildman–Crippen MR) is 81.1 cm³/mol. The number of benzene rings is 1. The molecule has 8 heteroatoms. The smallest absolute Gasteiger partial charge is 0.243 e. The second-order valence-corrected chi connectivity index (χ2v) is 8.61. The van der Waals surface area contributed by atoms with Gasteiger partial charge in [-0.15, -0.1) is 0 Å². The van der Waals surface area contributed by atoms with Crippen LogP contribution in [0.15, 0.2) is 23.1 Å². The third kappa shape index (κ3) is 4.48. The zero-order chi connectivity index (χ0) is 17.4. The molecule has 1 saturated heterocycles. The number of halogens is 2. The summed E-state index contributed by atoms with van der Waals surface area (Å²) < 4.78 is 53.3. The summed E-state index contributed by atoms with van der Waals surface area (Å²) in [7, 11) is -4.15. The van der Waals surface area contributed by atoms with Crippen molar-refractivity contribution >= 4 is 15.9 Å². The molecule has 0 radical (unpaired) electrons. The Kier molecular flexibility index (Phi) is 4.77. The number of nitrogens with zero attached hydrogens (tertiary/aromatic N) is 1. The lowest BCUT2D eigenvalue weighted by molar-refractivity contribution is -0.128. The lowest BCUT2D eigenvalue weighted by atomic mass is 9.96. The molecule has 1 fully saturated rings. The van der Waals surface area contributed by atoms with Crippen molar-refractivity contribution in [3.8, 4) is 0 Å². The van der Waals surface area contributed by atoms with Gasteiger partial charge in [-0.05, 0) is 17.5 Å². The van der Waals surface area contributed by atoms with E-state index in [0.29, 0.717) is 12.6 Å². The van der Waals surface area contributed by atoms with Crippen molar-refractivity contribution in [1.82, 2.24) is 9.62 Å². The second-order valence-electron chi connectivity index (χ2n) is 6.93. The number of likely N-dealkylation sites (tertiary alicyclic amines) is 1. The van der Waals surface area contributed by atoms with E-state index < -0.39 is 32.6 Å². The Morgan fingerprint density at radius 2 is 1.96 bits per heavy atom. The van der Waals surface area contributed by atoms with E-state index in [-0.39, 0.29) is 24.3 Å². The summed E-state index contributed by atoms with van der Waals surface area (Å²) in [6, 6.07) is 1.64. The molecular formula is C15H20F2N2O3S. The molecule has 1 heterocycles. The Bertz CT molecular complexity index is 714. The van der Waals surface area contributed by atoms with E-state index in [1.807, 2.05) is 20.8 Å². The van der Waals surface area contributed by atoms with Crippen molar-refractivity contribution in [1.29, 1.82) is 0 Å². The molecule has 1 atom stereocenters. The molecule has 1 aromatic rings. The topological polar surface area (TPSA) is 66.5 Å². The van der Waals surface area contributed by atoms with Crippen LogP contribution in [0.25, 0.3) is 0 Å². The highest BCUT2D eigenvalue weighted by Crippen LogP contribution is 2.22. The molecule has 5 nitrogen and oxygen atoms in total. The molecular weight excluding hydrogens is 326 g/mol. The fourth-order valence-electron chi connectivity index (χ4n) is 2.55.